The predicted molar refractivity (Wildman–Crippen MR) is 151 cm³/mol. The summed E-state index contributed by atoms with van der Waals surface area (Å²) in [6.45, 7) is 6.51. The van der Waals surface area contributed by atoms with Crippen molar-refractivity contribution in [3.05, 3.63) is 111 Å². The van der Waals surface area contributed by atoms with Crippen LogP contribution in [0.25, 0.3) is 0 Å². The summed E-state index contributed by atoms with van der Waals surface area (Å²) in [5, 5.41) is 5.24. The molecule has 39 heavy (non-hydrogen) atoms. The molecule has 0 saturated heterocycles. The number of hydrogen-bond donors (Lipinski definition) is 1. The number of carbonyl (C=O) groups excluding carboxylic acids is 2. The van der Waals surface area contributed by atoms with Gasteiger partial charge in [0.05, 0.1) is 6.04 Å². The maximum Gasteiger partial charge on any atom is 0.275 e. The first kappa shape index (κ1) is 26.6. The second-order valence-corrected chi connectivity index (χ2v) is 10.9. The standard InChI is InChI=1S/C31H30FN3O3S/c1-19(2)31(37)35-14-13-21-9-12-25(16-26(21)29(35)22-5-4-6-23(32)15-22)38-17-28-34-27(18-39-28)30(36)33-24-10-7-20(3)8-11-24/h4-12,15-16,18-19,29H,13-14,17H2,1-3H3,(H,33,36). The molecule has 8 heteroatoms. The van der Waals surface area contributed by atoms with E-state index < -0.39 is 6.04 Å². The number of nitrogens with zero attached hydrogens (tertiary/aromatic N) is 2. The average Bonchev–Trinajstić information content (AvgIpc) is 3.41. The van der Waals surface area contributed by atoms with E-state index in [1.807, 2.05) is 74.2 Å². The lowest BCUT2D eigenvalue weighted by Gasteiger charge is -2.39. The first-order valence-electron chi connectivity index (χ1n) is 12.9. The Kier molecular flexibility index (Phi) is 7.74. The second kappa shape index (κ2) is 11.4. The number of thiazole rings is 1. The van der Waals surface area contributed by atoms with Crippen molar-refractivity contribution in [3.63, 3.8) is 0 Å². The smallest absolute Gasteiger partial charge is 0.275 e. The van der Waals surface area contributed by atoms with Crippen molar-refractivity contribution < 1.29 is 18.7 Å². The Morgan fingerprint density at radius 1 is 1.13 bits per heavy atom. The van der Waals surface area contributed by atoms with Gasteiger partial charge in [-0.2, -0.15) is 0 Å². The minimum Gasteiger partial charge on any atom is -0.486 e. The van der Waals surface area contributed by atoms with Crippen LogP contribution < -0.4 is 10.1 Å². The Balaban J connectivity index is 1.34. The molecule has 0 saturated carbocycles. The molecule has 0 radical (unpaired) electrons. The highest BCUT2D eigenvalue weighted by atomic mass is 32.1. The van der Waals surface area contributed by atoms with Crippen molar-refractivity contribution in [3.8, 4) is 5.75 Å². The lowest BCUT2D eigenvalue weighted by molar-refractivity contribution is -0.136. The van der Waals surface area contributed by atoms with Crippen molar-refractivity contribution in [1.82, 2.24) is 9.88 Å². The normalized spacial score (nSPS) is 14.7. The van der Waals surface area contributed by atoms with Crippen LogP contribution in [0, 0.1) is 18.7 Å². The van der Waals surface area contributed by atoms with Crippen LogP contribution in [0.2, 0.25) is 0 Å². The molecule has 3 aromatic carbocycles. The highest BCUT2D eigenvalue weighted by Gasteiger charge is 2.33. The van der Waals surface area contributed by atoms with Gasteiger partial charge < -0.3 is 15.0 Å². The summed E-state index contributed by atoms with van der Waals surface area (Å²) in [5.41, 5.74) is 4.92. The average molecular weight is 544 g/mol. The number of carbonyl (C=O) groups is 2. The highest BCUT2D eigenvalue weighted by molar-refractivity contribution is 7.09. The summed E-state index contributed by atoms with van der Waals surface area (Å²) < 4.78 is 20.3. The summed E-state index contributed by atoms with van der Waals surface area (Å²) in [4.78, 5) is 32.0. The Morgan fingerprint density at radius 2 is 1.92 bits per heavy atom. The van der Waals surface area contributed by atoms with Crippen LogP contribution in [0.15, 0.2) is 72.1 Å². The molecule has 1 aliphatic heterocycles. The van der Waals surface area contributed by atoms with Gasteiger partial charge in [-0.15, -0.1) is 11.3 Å². The number of anilines is 1. The summed E-state index contributed by atoms with van der Waals surface area (Å²) in [6.07, 6.45) is 0.714. The number of halogens is 1. The molecule has 5 rings (SSSR count). The third-order valence-corrected chi connectivity index (χ3v) is 7.57. The van der Waals surface area contributed by atoms with E-state index in [0.717, 1.165) is 22.3 Å². The van der Waals surface area contributed by atoms with E-state index in [0.29, 0.717) is 35.1 Å². The van der Waals surface area contributed by atoms with E-state index in [9.17, 15) is 14.0 Å². The van der Waals surface area contributed by atoms with E-state index >= 15 is 0 Å². The molecule has 0 aliphatic carbocycles. The van der Waals surface area contributed by atoms with Gasteiger partial charge in [0.15, 0.2) is 0 Å². The predicted octanol–water partition coefficient (Wildman–Crippen LogP) is 6.55. The van der Waals surface area contributed by atoms with Gasteiger partial charge in [0.25, 0.3) is 5.91 Å². The van der Waals surface area contributed by atoms with Crippen molar-refractivity contribution >= 4 is 28.8 Å². The minimum absolute atomic E-state index is 0.0282. The number of fused-ring (bicyclic) bond motifs is 1. The zero-order chi connectivity index (χ0) is 27.5. The van der Waals surface area contributed by atoms with Crippen molar-refractivity contribution in [2.45, 2.75) is 39.8 Å². The van der Waals surface area contributed by atoms with Crippen LogP contribution in [-0.4, -0.2) is 28.2 Å². The fraction of sp³-hybridized carbons (Fsp3) is 0.258. The minimum atomic E-state index is -0.403. The topological polar surface area (TPSA) is 71.5 Å². The number of hydrogen-bond acceptors (Lipinski definition) is 5. The first-order chi connectivity index (χ1) is 18.8. The molecule has 1 unspecified atom stereocenters. The number of aromatic nitrogens is 1. The van der Waals surface area contributed by atoms with Crippen LogP contribution in [0.4, 0.5) is 10.1 Å². The molecular formula is C31H30FN3O3S. The molecule has 1 aromatic heterocycles. The molecule has 1 N–H and O–H groups in total. The Labute approximate surface area is 231 Å². The Morgan fingerprint density at radius 3 is 2.67 bits per heavy atom. The van der Waals surface area contributed by atoms with Crippen LogP contribution in [0.5, 0.6) is 5.75 Å². The number of aryl methyl sites for hydroxylation is 1. The van der Waals surface area contributed by atoms with Gasteiger partial charge in [-0.25, -0.2) is 9.37 Å². The molecule has 1 aliphatic rings. The summed E-state index contributed by atoms with van der Waals surface area (Å²) in [5.74, 6) is -0.141. The quantitative estimate of drug-likeness (QED) is 0.287. The van der Waals surface area contributed by atoms with E-state index in [1.54, 1.807) is 11.4 Å². The van der Waals surface area contributed by atoms with Crippen molar-refractivity contribution in [2.24, 2.45) is 5.92 Å². The van der Waals surface area contributed by atoms with Gasteiger partial charge in [-0.3, -0.25) is 9.59 Å². The molecular weight excluding hydrogens is 513 g/mol. The molecule has 1 atom stereocenters. The molecule has 0 spiro atoms. The van der Waals surface area contributed by atoms with Crippen LogP contribution in [0.1, 0.15) is 57.6 Å². The van der Waals surface area contributed by atoms with Gasteiger partial charge in [-0.05, 0) is 66.4 Å². The highest BCUT2D eigenvalue weighted by Crippen LogP contribution is 2.38. The second-order valence-electron chi connectivity index (χ2n) is 9.99. The van der Waals surface area contributed by atoms with Crippen LogP contribution >= 0.6 is 11.3 Å². The third-order valence-electron chi connectivity index (χ3n) is 6.74. The lowest BCUT2D eigenvalue weighted by Crippen LogP contribution is -2.42. The Bertz CT molecular complexity index is 1500. The summed E-state index contributed by atoms with van der Waals surface area (Å²) in [6, 6.07) is 19.5. The maximum absolute atomic E-state index is 14.2. The first-order valence-corrected chi connectivity index (χ1v) is 13.8. The molecule has 2 amide bonds. The van der Waals surface area contributed by atoms with Crippen molar-refractivity contribution in [2.75, 3.05) is 11.9 Å². The number of amides is 2. The van der Waals surface area contributed by atoms with E-state index in [-0.39, 0.29) is 30.2 Å². The SMILES string of the molecule is Cc1ccc(NC(=O)c2csc(COc3ccc4c(c3)C(c3cccc(F)c3)N(C(=O)C(C)C)CC4)n2)cc1. The van der Waals surface area contributed by atoms with Gasteiger partial charge in [0.2, 0.25) is 5.91 Å². The number of ether oxygens (including phenoxy) is 1. The summed E-state index contributed by atoms with van der Waals surface area (Å²) >= 11 is 1.35. The zero-order valence-corrected chi connectivity index (χ0v) is 22.9. The van der Waals surface area contributed by atoms with Gasteiger partial charge in [0, 0.05) is 23.5 Å². The number of nitrogens with one attached hydrogen (secondary N) is 1. The van der Waals surface area contributed by atoms with Gasteiger partial charge in [-0.1, -0.05) is 49.7 Å². The van der Waals surface area contributed by atoms with E-state index in [1.165, 1.54) is 23.5 Å². The monoisotopic (exact) mass is 543 g/mol. The molecule has 6 nitrogen and oxygen atoms in total. The van der Waals surface area contributed by atoms with Crippen LogP contribution in [-0.2, 0) is 17.8 Å². The largest absolute Gasteiger partial charge is 0.486 e. The molecule has 0 fully saturated rings. The van der Waals surface area contributed by atoms with Crippen LogP contribution in [0.3, 0.4) is 0 Å². The molecule has 200 valence electrons. The molecule has 0 bridgehead atoms. The fourth-order valence-electron chi connectivity index (χ4n) is 4.75. The van der Waals surface area contributed by atoms with E-state index in [2.05, 4.69) is 10.3 Å². The molecule has 4 aromatic rings. The number of benzene rings is 3. The Hall–Kier alpha value is -4.04. The van der Waals surface area contributed by atoms with Crippen molar-refractivity contribution in [1.29, 1.82) is 0 Å². The number of rotatable bonds is 7. The fourth-order valence-corrected chi connectivity index (χ4v) is 5.43. The zero-order valence-electron chi connectivity index (χ0n) is 22.1. The maximum atomic E-state index is 14.2. The third kappa shape index (κ3) is 6.01. The lowest BCUT2D eigenvalue weighted by atomic mass is 9.87. The van der Waals surface area contributed by atoms with Gasteiger partial charge in [0.1, 0.15) is 28.9 Å². The molecule has 2 heterocycles. The summed E-state index contributed by atoms with van der Waals surface area (Å²) in [7, 11) is 0. The van der Waals surface area contributed by atoms with E-state index in [4.69, 9.17) is 4.74 Å². The van der Waals surface area contributed by atoms with Gasteiger partial charge >= 0.3 is 0 Å².